The van der Waals surface area contributed by atoms with Gasteiger partial charge in [0, 0.05) is 0 Å². The summed E-state index contributed by atoms with van der Waals surface area (Å²) in [7, 11) is 0. The van der Waals surface area contributed by atoms with Crippen molar-refractivity contribution in [2.75, 3.05) is 13.2 Å². The van der Waals surface area contributed by atoms with E-state index in [1.54, 1.807) is 13.8 Å². The van der Waals surface area contributed by atoms with Gasteiger partial charge in [-0.25, -0.2) is 4.79 Å². The van der Waals surface area contributed by atoms with E-state index in [1.807, 2.05) is 0 Å². The Kier molecular flexibility index (Phi) is 5.12. The van der Waals surface area contributed by atoms with E-state index in [4.69, 9.17) is 11.6 Å². The Hall–Kier alpha value is -0.440. The Morgan fingerprint density at radius 1 is 1.60 bits per heavy atom. The molecule has 0 saturated heterocycles. The normalized spacial score (nSPS) is 12.3. The van der Waals surface area contributed by atoms with Gasteiger partial charge in [0.2, 0.25) is 0 Å². The maximum atomic E-state index is 10.4. The van der Waals surface area contributed by atoms with Crippen LogP contribution in [-0.4, -0.2) is 24.7 Å². The fourth-order valence-corrected chi connectivity index (χ4v) is 0.405. The highest BCUT2D eigenvalue weighted by atomic mass is 35.5. The number of halogens is 1. The van der Waals surface area contributed by atoms with Gasteiger partial charge >= 0.3 is 6.16 Å². The predicted molar refractivity (Wildman–Crippen MR) is 38.3 cm³/mol. The van der Waals surface area contributed by atoms with E-state index in [2.05, 4.69) is 9.47 Å². The van der Waals surface area contributed by atoms with E-state index in [1.165, 1.54) is 0 Å². The van der Waals surface area contributed by atoms with E-state index in [0.29, 0.717) is 6.61 Å². The van der Waals surface area contributed by atoms with Crippen LogP contribution >= 0.6 is 11.6 Å². The van der Waals surface area contributed by atoms with Crippen molar-refractivity contribution in [1.82, 2.24) is 0 Å². The fraction of sp³-hybridized carbons (Fsp3) is 0.833. The summed E-state index contributed by atoms with van der Waals surface area (Å²) >= 11 is 5.49. The molecule has 1 unspecified atom stereocenters. The van der Waals surface area contributed by atoms with Crippen LogP contribution in [0.4, 0.5) is 4.79 Å². The second kappa shape index (κ2) is 5.35. The van der Waals surface area contributed by atoms with Gasteiger partial charge in [0.25, 0.3) is 0 Å². The molecule has 60 valence electrons. The van der Waals surface area contributed by atoms with Crippen LogP contribution in [0.1, 0.15) is 13.8 Å². The zero-order valence-electron chi connectivity index (χ0n) is 6.09. The average molecular weight is 167 g/mol. The number of ether oxygens (including phenoxy) is 2. The second-order valence-corrected chi connectivity index (χ2v) is 2.52. The molecule has 0 aromatic carbocycles. The zero-order chi connectivity index (χ0) is 7.98. The van der Waals surface area contributed by atoms with Gasteiger partial charge < -0.3 is 9.47 Å². The van der Waals surface area contributed by atoms with Gasteiger partial charge in [-0.05, 0) is 13.8 Å². The largest absolute Gasteiger partial charge is 0.508 e. The molecule has 0 aliphatic rings. The van der Waals surface area contributed by atoms with Gasteiger partial charge in [0.05, 0.1) is 12.0 Å². The Morgan fingerprint density at radius 3 is 2.60 bits per heavy atom. The summed E-state index contributed by atoms with van der Waals surface area (Å²) in [5.41, 5.74) is 0. The minimum absolute atomic E-state index is 0.163. The summed E-state index contributed by atoms with van der Waals surface area (Å²) in [6.45, 7) is 3.97. The lowest BCUT2D eigenvalue weighted by Gasteiger charge is -2.04. The van der Waals surface area contributed by atoms with Crippen LogP contribution in [0.15, 0.2) is 0 Å². The predicted octanol–water partition coefficient (Wildman–Crippen LogP) is 1.79. The molecule has 0 spiro atoms. The van der Waals surface area contributed by atoms with E-state index >= 15 is 0 Å². The molecule has 0 rings (SSSR count). The molecule has 0 aromatic heterocycles. The number of carbonyl (C=O) groups is 1. The Morgan fingerprint density at radius 2 is 2.20 bits per heavy atom. The topological polar surface area (TPSA) is 35.5 Å². The fourth-order valence-electron chi connectivity index (χ4n) is 0.342. The molecule has 0 aliphatic carbocycles. The van der Waals surface area contributed by atoms with Crippen LogP contribution < -0.4 is 0 Å². The molecule has 0 aliphatic heterocycles. The summed E-state index contributed by atoms with van der Waals surface area (Å²) in [6.07, 6.45) is -0.657. The molecular weight excluding hydrogens is 156 g/mol. The molecule has 0 heterocycles. The monoisotopic (exact) mass is 166 g/mol. The molecule has 0 fully saturated rings. The van der Waals surface area contributed by atoms with Gasteiger partial charge in [-0.3, -0.25) is 0 Å². The molecule has 0 amide bonds. The van der Waals surface area contributed by atoms with Gasteiger partial charge in [0.15, 0.2) is 0 Å². The summed E-state index contributed by atoms with van der Waals surface area (Å²) in [5, 5.41) is -0.163. The molecule has 0 bridgehead atoms. The van der Waals surface area contributed by atoms with Crippen molar-refractivity contribution in [2.45, 2.75) is 19.2 Å². The van der Waals surface area contributed by atoms with Crippen molar-refractivity contribution in [2.24, 2.45) is 0 Å². The standard InChI is InChI=1S/C6H11ClO3/c1-3-9-6(8)10-4-5(2)7/h5H,3-4H2,1-2H3. The van der Waals surface area contributed by atoms with Gasteiger partial charge in [-0.2, -0.15) is 0 Å². The molecule has 3 nitrogen and oxygen atoms in total. The second-order valence-electron chi connectivity index (χ2n) is 1.77. The van der Waals surface area contributed by atoms with Crippen LogP contribution in [0.2, 0.25) is 0 Å². The smallest absolute Gasteiger partial charge is 0.435 e. The first-order chi connectivity index (χ1) is 4.66. The van der Waals surface area contributed by atoms with Crippen LogP contribution in [0.5, 0.6) is 0 Å². The van der Waals surface area contributed by atoms with Crippen molar-refractivity contribution in [1.29, 1.82) is 0 Å². The highest BCUT2D eigenvalue weighted by Crippen LogP contribution is 1.95. The van der Waals surface area contributed by atoms with E-state index < -0.39 is 6.16 Å². The number of hydrogen-bond donors (Lipinski definition) is 0. The number of rotatable bonds is 3. The minimum Gasteiger partial charge on any atom is -0.435 e. The Labute approximate surface area is 65.3 Å². The van der Waals surface area contributed by atoms with Crippen LogP contribution in [0.25, 0.3) is 0 Å². The molecule has 0 aromatic rings. The maximum Gasteiger partial charge on any atom is 0.508 e. The van der Waals surface area contributed by atoms with Gasteiger partial charge in [-0.1, -0.05) is 0 Å². The van der Waals surface area contributed by atoms with Crippen molar-refractivity contribution in [3.8, 4) is 0 Å². The highest BCUT2D eigenvalue weighted by Gasteiger charge is 2.03. The molecule has 0 N–H and O–H groups in total. The lowest BCUT2D eigenvalue weighted by atomic mass is 10.5. The highest BCUT2D eigenvalue weighted by molar-refractivity contribution is 6.20. The average Bonchev–Trinajstić information content (AvgIpc) is 1.85. The summed E-state index contributed by atoms with van der Waals surface area (Å²) in [6, 6.07) is 0. The summed E-state index contributed by atoms with van der Waals surface area (Å²) < 4.78 is 9.02. The van der Waals surface area contributed by atoms with E-state index in [9.17, 15) is 4.79 Å². The van der Waals surface area contributed by atoms with Crippen molar-refractivity contribution in [3.63, 3.8) is 0 Å². The summed E-state index contributed by atoms with van der Waals surface area (Å²) in [5.74, 6) is 0. The van der Waals surface area contributed by atoms with E-state index in [-0.39, 0.29) is 12.0 Å². The van der Waals surface area contributed by atoms with E-state index in [0.717, 1.165) is 0 Å². The minimum atomic E-state index is -0.657. The van der Waals surface area contributed by atoms with Gasteiger partial charge in [-0.15, -0.1) is 11.6 Å². The first-order valence-electron chi connectivity index (χ1n) is 3.10. The van der Waals surface area contributed by atoms with Gasteiger partial charge in [0.1, 0.15) is 6.61 Å². The summed E-state index contributed by atoms with van der Waals surface area (Å²) in [4.78, 5) is 10.4. The van der Waals surface area contributed by atoms with Crippen LogP contribution in [-0.2, 0) is 9.47 Å². The third kappa shape index (κ3) is 5.69. The molecule has 0 radical (unpaired) electrons. The molecule has 4 heteroatoms. The third-order valence-corrected chi connectivity index (χ3v) is 0.819. The SMILES string of the molecule is CCOC(=O)OCC(C)Cl. The molecular formula is C6H11ClO3. The van der Waals surface area contributed by atoms with Crippen molar-refractivity contribution < 1.29 is 14.3 Å². The van der Waals surface area contributed by atoms with Crippen molar-refractivity contribution in [3.05, 3.63) is 0 Å². The lowest BCUT2D eigenvalue weighted by Crippen LogP contribution is -2.12. The number of alkyl halides is 1. The lowest BCUT2D eigenvalue weighted by molar-refractivity contribution is 0.0598. The number of hydrogen-bond acceptors (Lipinski definition) is 3. The third-order valence-electron chi connectivity index (χ3n) is 0.693. The maximum absolute atomic E-state index is 10.4. The van der Waals surface area contributed by atoms with Crippen LogP contribution in [0, 0.1) is 0 Å². The molecule has 1 atom stereocenters. The van der Waals surface area contributed by atoms with Crippen molar-refractivity contribution >= 4 is 17.8 Å². The first kappa shape index (κ1) is 9.56. The van der Waals surface area contributed by atoms with Crippen LogP contribution in [0.3, 0.4) is 0 Å². The first-order valence-corrected chi connectivity index (χ1v) is 3.54. The Balaban J connectivity index is 3.22. The molecule has 10 heavy (non-hydrogen) atoms. The quantitative estimate of drug-likeness (QED) is 0.474. The number of carbonyl (C=O) groups excluding carboxylic acids is 1. The zero-order valence-corrected chi connectivity index (χ0v) is 6.85. The molecule has 0 saturated carbocycles. The Bertz CT molecular complexity index is 103.